The number of nitrogens with zero attached hydrogens (tertiary/aromatic N) is 3. The Labute approximate surface area is 161 Å². The molecule has 0 unspecified atom stereocenters. The van der Waals surface area contributed by atoms with E-state index in [1.165, 1.54) is 31.6 Å². The maximum absolute atomic E-state index is 12.5. The second-order valence-electron chi connectivity index (χ2n) is 5.36. The van der Waals surface area contributed by atoms with Crippen LogP contribution in [0.25, 0.3) is 0 Å². The van der Waals surface area contributed by atoms with Crippen LogP contribution in [0, 0.1) is 0 Å². The Bertz CT molecular complexity index is 1070. The zero-order valence-corrected chi connectivity index (χ0v) is 15.8. The third-order valence-corrected chi connectivity index (χ3v) is 5.05. The molecule has 1 heterocycles. The molecule has 9 heteroatoms. The van der Waals surface area contributed by atoms with Crippen LogP contribution in [-0.4, -0.2) is 31.7 Å². The lowest BCUT2D eigenvalue weighted by Crippen LogP contribution is -2.14. The smallest absolute Gasteiger partial charge is 0.263 e. The third kappa shape index (κ3) is 5.02. The zero-order valence-electron chi connectivity index (χ0n) is 14.2. The molecule has 0 bridgehead atoms. The first-order chi connectivity index (χ1) is 13.0. The van der Waals surface area contributed by atoms with Gasteiger partial charge in [0.15, 0.2) is 0 Å². The summed E-state index contributed by atoms with van der Waals surface area (Å²) in [7, 11) is -2.36. The predicted octanol–water partition coefficient (Wildman–Crippen LogP) is 3.69. The van der Waals surface area contributed by atoms with Crippen LogP contribution >= 0.6 is 11.6 Å². The fraction of sp³-hybridized carbons (Fsp3) is 0.0556. The Balaban J connectivity index is 1.75. The summed E-state index contributed by atoms with van der Waals surface area (Å²) < 4.78 is 32.3. The summed E-state index contributed by atoms with van der Waals surface area (Å²) in [6.07, 6.45) is 2.87. The molecule has 1 N–H and O–H groups in total. The van der Waals surface area contributed by atoms with Gasteiger partial charge in [-0.15, -0.1) is 0 Å². The Hall–Kier alpha value is -2.97. The van der Waals surface area contributed by atoms with Crippen LogP contribution in [-0.2, 0) is 10.0 Å². The normalized spacial score (nSPS) is 11.5. The van der Waals surface area contributed by atoms with Gasteiger partial charge in [0.2, 0.25) is 5.88 Å². The minimum absolute atomic E-state index is 0.0850. The Morgan fingerprint density at radius 1 is 1.11 bits per heavy atom. The molecule has 0 aliphatic heterocycles. The van der Waals surface area contributed by atoms with E-state index in [-0.39, 0.29) is 16.6 Å². The number of ether oxygens (including phenoxy) is 1. The number of anilines is 1. The first-order valence-corrected chi connectivity index (χ1v) is 9.61. The molecule has 7 nitrogen and oxygen atoms in total. The molecule has 27 heavy (non-hydrogen) atoms. The summed E-state index contributed by atoms with van der Waals surface area (Å²) in [6, 6.07) is 14.8. The minimum atomic E-state index is -3.79. The van der Waals surface area contributed by atoms with Gasteiger partial charge in [0.1, 0.15) is 12.1 Å². The van der Waals surface area contributed by atoms with Crippen molar-refractivity contribution in [2.45, 2.75) is 4.90 Å². The van der Waals surface area contributed by atoms with Gasteiger partial charge in [-0.3, -0.25) is 9.71 Å². The van der Waals surface area contributed by atoms with Crippen LogP contribution in [0.5, 0.6) is 5.88 Å². The second-order valence-corrected chi connectivity index (χ2v) is 7.48. The summed E-state index contributed by atoms with van der Waals surface area (Å²) >= 11 is 5.93. The van der Waals surface area contributed by atoms with Gasteiger partial charge >= 0.3 is 0 Å². The maximum atomic E-state index is 12.5. The zero-order chi connectivity index (χ0) is 19.3. The number of hydrogen-bond acceptors (Lipinski definition) is 6. The molecule has 3 aromatic rings. The summed E-state index contributed by atoms with van der Waals surface area (Å²) in [5.74, 6) is 0.373. The van der Waals surface area contributed by atoms with Crippen molar-refractivity contribution >= 4 is 39.3 Å². The second kappa shape index (κ2) is 8.15. The monoisotopic (exact) mass is 402 g/mol. The molecule has 138 valence electrons. The molecule has 0 fully saturated rings. The van der Waals surface area contributed by atoms with Crippen molar-refractivity contribution in [3.8, 4) is 5.88 Å². The molecule has 0 radical (unpaired) electrons. The van der Waals surface area contributed by atoms with Gasteiger partial charge < -0.3 is 4.74 Å². The van der Waals surface area contributed by atoms with Crippen molar-refractivity contribution in [2.24, 2.45) is 4.99 Å². The number of rotatable bonds is 6. The molecule has 0 atom stereocenters. The molecule has 0 amide bonds. The number of hydrogen-bond donors (Lipinski definition) is 1. The molecule has 0 aliphatic carbocycles. The lowest BCUT2D eigenvalue weighted by atomic mass is 10.2. The highest BCUT2D eigenvalue weighted by atomic mass is 35.5. The van der Waals surface area contributed by atoms with E-state index in [0.29, 0.717) is 10.7 Å². The Kier molecular flexibility index (Phi) is 5.68. The van der Waals surface area contributed by atoms with Gasteiger partial charge in [-0.1, -0.05) is 23.7 Å². The minimum Gasteiger partial charge on any atom is -0.481 e. The van der Waals surface area contributed by atoms with E-state index < -0.39 is 10.0 Å². The predicted molar refractivity (Wildman–Crippen MR) is 105 cm³/mol. The summed E-state index contributed by atoms with van der Waals surface area (Å²) in [4.78, 5) is 12.1. The third-order valence-electron chi connectivity index (χ3n) is 3.45. The van der Waals surface area contributed by atoms with Crippen molar-refractivity contribution in [3.63, 3.8) is 0 Å². The van der Waals surface area contributed by atoms with Crippen LogP contribution in [0.4, 0.5) is 11.5 Å². The molecule has 2 aromatic carbocycles. The lowest BCUT2D eigenvalue weighted by Gasteiger charge is -2.08. The largest absolute Gasteiger partial charge is 0.481 e. The number of aliphatic imine (C=N–C) groups is 1. The molecular formula is C18H15ClN4O3S. The molecular weight excluding hydrogens is 388 g/mol. The first kappa shape index (κ1) is 18.8. The SMILES string of the molecule is COc1cc(NS(=O)(=O)c2ccc(N=Cc3cccc(Cl)c3)cc2)ncn1. The van der Waals surface area contributed by atoms with E-state index in [0.717, 1.165) is 5.56 Å². The van der Waals surface area contributed by atoms with Crippen molar-refractivity contribution in [2.75, 3.05) is 11.8 Å². The number of halogens is 1. The van der Waals surface area contributed by atoms with Gasteiger partial charge in [0, 0.05) is 17.3 Å². The van der Waals surface area contributed by atoms with E-state index in [9.17, 15) is 8.42 Å². The van der Waals surface area contributed by atoms with Crippen molar-refractivity contribution < 1.29 is 13.2 Å². The van der Waals surface area contributed by atoms with Crippen molar-refractivity contribution in [3.05, 3.63) is 71.5 Å². The van der Waals surface area contributed by atoms with Gasteiger partial charge in [-0.2, -0.15) is 0 Å². The van der Waals surface area contributed by atoms with Gasteiger partial charge in [0.05, 0.1) is 17.7 Å². The number of sulfonamides is 1. The van der Waals surface area contributed by atoms with Gasteiger partial charge in [-0.05, 0) is 42.0 Å². The number of nitrogens with one attached hydrogen (secondary N) is 1. The standard InChI is InChI=1S/C18H15ClN4O3S/c1-26-18-10-17(21-12-22-18)23-27(24,25)16-7-5-15(6-8-16)20-11-13-3-2-4-14(19)9-13/h2-12H,1H3,(H,21,22,23). The average molecular weight is 403 g/mol. The van der Waals surface area contributed by atoms with Crippen LogP contribution in [0.15, 0.2) is 70.8 Å². The maximum Gasteiger partial charge on any atom is 0.263 e. The highest BCUT2D eigenvalue weighted by Gasteiger charge is 2.15. The Morgan fingerprint density at radius 3 is 2.59 bits per heavy atom. The first-order valence-electron chi connectivity index (χ1n) is 7.75. The quantitative estimate of drug-likeness (QED) is 0.634. The van der Waals surface area contributed by atoms with Gasteiger partial charge in [0.25, 0.3) is 10.0 Å². The molecule has 0 spiro atoms. The van der Waals surface area contributed by atoms with E-state index in [2.05, 4.69) is 19.7 Å². The molecule has 0 saturated heterocycles. The highest BCUT2D eigenvalue weighted by Crippen LogP contribution is 2.20. The Morgan fingerprint density at radius 2 is 1.89 bits per heavy atom. The number of benzene rings is 2. The number of aromatic nitrogens is 2. The van der Waals surface area contributed by atoms with Gasteiger partial charge in [-0.25, -0.2) is 18.4 Å². The summed E-state index contributed by atoms with van der Waals surface area (Å²) in [5.41, 5.74) is 1.45. The van der Waals surface area contributed by atoms with Crippen LogP contribution in [0.3, 0.4) is 0 Å². The number of methoxy groups -OCH3 is 1. The van der Waals surface area contributed by atoms with E-state index in [1.54, 1.807) is 30.5 Å². The molecule has 0 aliphatic rings. The van der Waals surface area contributed by atoms with Crippen LogP contribution < -0.4 is 9.46 Å². The van der Waals surface area contributed by atoms with Crippen molar-refractivity contribution in [1.29, 1.82) is 0 Å². The summed E-state index contributed by atoms with van der Waals surface area (Å²) in [6.45, 7) is 0. The fourth-order valence-corrected chi connectivity index (χ4v) is 3.35. The van der Waals surface area contributed by atoms with Crippen LogP contribution in [0.2, 0.25) is 5.02 Å². The topological polar surface area (TPSA) is 93.5 Å². The average Bonchev–Trinajstić information content (AvgIpc) is 2.66. The van der Waals surface area contributed by atoms with E-state index >= 15 is 0 Å². The molecule has 1 aromatic heterocycles. The fourth-order valence-electron chi connectivity index (χ4n) is 2.15. The van der Waals surface area contributed by atoms with Crippen LogP contribution in [0.1, 0.15) is 5.56 Å². The van der Waals surface area contributed by atoms with Crippen molar-refractivity contribution in [1.82, 2.24) is 9.97 Å². The highest BCUT2D eigenvalue weighted by molar-refractivity contribution is 7.92. The lowest BCUT2D eigenvalue weighted by molar-refractivity contribution is 0.397. The van der Waals surface area contributed by atoms with E-state index in [1.807, 2.05) is 12.1 Å². The van der Waals surface area contributed by atoms with E-state index in [4.69, 9.17) is 16.3 Å². The summed E-state index contributed by atoms with van der Waals surface area (Å²) in [5, 5.41) is 0.618. The molecule has 0 saturated carbocycles. The molecule has 3 rings (SSSR count).